The summed E-state index contributed by atoms with van der Waals surface area (Å²) in [4.78, 5) is 2.64. The Bertz CT molecular complexity index is 217. The van der Waals surface area contributed by atoms with E-state index in [0.29, 0.717) is 6.42 Å². The van der Waals surface area contributed by atoms with E-state index in [1.165, 1.54) is 32.4 Å². The van der Waals surface area contributed by atoms with Crippen LogP contribution in [-0.4, -0.2) is 37.1 Å². The fraction of sp³-hybridized carbons (Fsp3) is 0.909. The van der Waals surface area contributed by atoms with Crippen molar-refractivity contribution in [2.45, 2.75) is 31.7 Å². The molecule has 0 aromatic heterocycles. The number of hydrogen-bond donors (Lipinski definition) is 1. The first-order valence-electron chi connectivity index (χ1n) is 5.72. The van der Waals surface area contributed by atoms with Crippen LogP contribution in [0.5, 0.6) is 0 Å². The largest absolute Gasteiger partial charge is 0.315 e. The summed E-state index contributed by atoms with van der Waals surface area (Å²) < 4.78 is 0. The predicted molar refractivity (Wildman–Crippen MR) is 55.8 cm³/mol. The Kier molecular flexibility index (Phi) is 3.39. The highest BCUT2D eigenvalue weighted by Gasteiger charge is 2.33. The zero-order valence-electron chi connectivity index (χ0n) is 8.71. The third-order valence-corrected chi connectivity index (χ3v) is 3.23. The summed E-state index contributed by atoms with van der Waals surface area (Å²) in [6.45, 7) is 4.54. The van der Waals surface area contributed by atoms with Crippen LogP contribution in [0.25, 0.3) is 0 Å². The molecule has 1 atom stereocenters. The SMILES string of the molecule is N#CCCNCC1CCN(C2CC2)C1. The van der Waals surface area contributed by atoms with Gasteiger partial charge in [0.1, 0.15) is 0 Å². The zero-order valence-corrected chi connectivity index (χ0v) is 8.71. The lowest BCUT2D eigenvalue weighted by molar-refractivity contribution is 0.312. The van der Waals surface area contributed by atoms with Gasteiger partial charge in [-0.3, -0.25) is 0 Å². The molecule has 2 fully saturated rings. The van der Waals surface area contributed by atoms with Gasteiger partial charge in [0, 0.05) is 25.6 Å². The molecule has 2 aliphatic rings. The average Bonchev–Trinajstić information content (AvgIpc) is 2.94. The van der Waals surface area contributed by atoms with E-state index < -0.39 is 0 Å². The van der Waals surface area contributed by atoms with Crippen molar-refractivity contribution in [2.24, 2.45) is 5.92 Å². The highest BCUT2D eigenvalue weighted by atomic mass is 15.2. The molecular weight excluding hydrogens is 174 g/mol. The topological polar surface area (TPSA) is 39.1 Å². The Labute approximate surface area is 86.1 Å². The molecule has 1 heterocycles. The van der Waals surface area contributed by atoms with Crippen LogP contribution in [0.3, 0.4) is 0 Å². The molecule has 0 aromatic carbocycles. The van der Waals surface area contributed by atoms with E-state index in [2.05, 4.69) is 16.3 Å². The van der Waals surface area contributed by atoms with E-state index >= 15 is 0 Å². The molecule has 0 spiro atoms. The van der Waals surface area contributed by atoms with Gasteiger partial charge in [-0.15, -0.1) is 0 Å². The number of nitriles is 1. The van der Waals surface area contributed by atoms with Crippen LogP contribution in [0.2, 0.25) is 0 Å². The molecule has 0 bridgehead atoms. The summed E-state index contributed by atoms with van der Waals surface area (Å²) in [5.74, 6) is 0.828. The van der Waals surface area contributed by atoms with Gasteiger partial charge in [0.25, 0.3) is 0 Å². The Hall–Kier alpha value is -0.590. The number of nitrogens with one attached hydrogen (secondary N) is 1. The van der Waals surface area contributed by atoms with Gasteiger partial charge in [0.15, 0.2) is 0 Å². The molecule has 0 radical (unpaired) electrons. The van der Waals surface area contributed by atoms with Crippen LogP contribution in [-0.2, 0) is 0 Å². The summed E-state index contributed by atoms with van der Waals surface area (Å²) in [5.41, 5.74) is 0. The van der Waals surface area contributed by atoms with Crippen molar-refractivity contribution in [1.82, 2.24) is 10.2 Å². The van der Waals surface area contributed by atoms with Gasteiger partial charge in [0.05, 0.1) is 6.07 Å². The molecule has 2 rings (SSSR count). The molecule has 1 saturated carbocycles. The van der Waals surface area contributed by atoms with Crippen molar-refractivity contribution in [1.29, 1.82) is 5.26 Å². The summed E-state index contributed by atoms with van der Waals surface area (Å²) in [6, 6.07) is 3.09. The Morgan fingerprint density at radius 2 is 2.21 bits per heavy atom. The van der Waals surface area contributed by atoms with Crippen LogP contribution in [0.4, 0.5) is 0 Å². The molecule has 0 amide bonds. The number of nitrogens with zero attached hydrogens (tertiary/aromatic N) is 2. The fourth-order valence-corrected chi connectivity index (χ4v) is 2.25. The third kappa shape index (κ3) is 2.70. The highest BCUT2D eigenvalue weighted by Crippen LogP contribution is 2.31. The summed E-state index contributed by atoms with van der Waals surface area (Å²) in [7, 11) is 0. The number of likely N-dealkylation sites (tertiary alicyclic amines) is 1. The predicted octanol–water partition coefficient (Wildman–Crippen LogP) is 0.974. The molecule has 1 aliphatic carbocycles. The van der Waals surface area contributed by atoms with E-state index in [9.17, 15) is 0 Å². The molecule has 1 unspecified atom stereocenters. The molecule has 14 heavy (non-hydrogen) atoms. The monoisotopic (exact) mass is 193 g/mol. The van der Waals surface area contributed by atoms with Crippen LogP contribution in [0, 0.1) is 17.2 Å². The first kappa shape index (κ1) is 9.95. The maximum Gasteiger partial charge on any atom is 0.0635 e. The van der Waals surface area contributed by atoms with E-state index in [-0.39, 0.29) is 0 Å². The first-order chi connectivity index (χ1) is 6.90. The van der Waals surface area contributed by atoms with Crippen molar-refractivity contribution >= 4 is 0 Å². The van der Waals surface area contributed by atoms with Crippen LogP contribution >= 0.6 is 0 Å². The number of rotatable bonds is 5. The smallest absolute Gasteiger partial charge is 0.0635 e. The van der Waals surface area contributed by atoms with Crippen molar-refractivity contribution in [2.75, 3.05) is 26.2 Å². The third-order valence-electron chi connectivity index (χ3n) is 3.23. The molecular formula is C11H19N3. The van der Waals surface area contributed by atoms with E-state index in [1.807, 2.05) is 0 Å². The second-order valence-electron chi connectivity index (χ2n) is 4.49. The van der Waals surface area contributed by atoms with Crippen LogP contribution < -0.4 is 5.32 Å². The van der Waals surface area contributed by atoms with Gasteiger partial charge >= 0.3 is 0 Å². The maximum atomic E-state index is 8.38. The van der Waals surface area contributed by atoms with Gasteiger partial charge < -0.3 is 10.2 Å². The summed E-state index contributed by atoms with van der Waals surface area (Å²) in [5, 5.41) is 11.7. The van der Waals surface area contributed by atoms with Crippen molar-refractivity contribution in [3.63, 3.8) is 0 Å². The van der Waals surface area contributed by atoms with Crippen molar-refractivity contribution < 1.29 is 0 Å². The van der Waals surface area contributed by atoms with Crippen molar-refractivity contribution in [3.05, 3.63) is 0 Å². The molecule has 1 saturated heterocycles. The van der Waals surface area contributed by atoms with E-state index in [4.69, 9.17) is 5.26 Å². The Morgan fingerprint density at radius 3 is 2.93 bits per heavy atom. The molecule has 3 heteroatoms. The highest BCUT2D eigenvalue weighted by molar-refractivity contribution is 4.90. The summed E-state index contributed by atoms with van der Waals surface area (Å²) >= 11 is 0. The lowest BCUT2D eigenvalue weighted by Gasteiger charge is -2.14. The fourth-order valence-electron chi connectivity index (χ4n) is 2.25. The lowest BCUT2D eigenvalue weighted by Crippen LogP contribution is -2.28. The average molecular weight is 193 g/mol. The molecule has 78 valence electrons. The minimum atomic E-state index is 0.638. The second-order valence-corrected chi connectivity index (χ2v) is 4.49. The van der Waals surface area contributed by atoms with Gasteiger partial charge in [-0.25, -0.2) is 0 Å². The Balaban J connectivity index is 1.57. The van der Waals surface area contributed by atoms with Crippen LogP contribution in [0.15, 0.2) is 0 Å². The first-order valence-corrected chi connectivity index (χ1v) is 5.72. The molecule has 1 aliphatic heterocycles. The lowest BCUT2D eigenvalue weighted by atomic mass is 10.1. The number of hydrogen-bond acceptors (Lipinski definition) is 3. The standard InChI is InChI=1S/C11H19N3/c12-5-1-6-13-8-10-4-7-14(9-10)11-2-3-11/h10-11,13H,1-4,6-9H2. The minimum absolute atomic E-state index is 0.638. The van der Waals surface area contributed by atoms with Crippen LogP contribution in [0.1, 0.15) is 25.7 Å². The van der Waals surface area contributed by atoms with Gasteiger partial charge in [0.2, 0.25) is 0 Å². The van der Waals surface area contributed by atoms with E-state index in [1.54, 1.807) is 0 Å². The minimum Gasteiger partial charge on any atom is -0.315 e. The second kappa shape index (κ2) is 4.77. The quantitative estimate of drug-likeness (QED) is 0.661. The Morgan fingerprint density at radius 1 is 1.36 bits per heavy atom. The van der Waals surface area contributed by atoms with Gasteiger partial charge in [-0.1, -0.05) is 0 Å². The molecule has 0 aromatic rings. The normalized spacial score (nSPS) is 27.8. The van der Waals surface area contributed by atoms with Gasteiger partial charge in [-0.2, -0.15) is 5.26 Å². The molecule has 1 N–H and O–H groups in total. The van der Waals surface area contributed by atoms with E-state index in [0.717, 1.165) is 25.0 Å². The van der Waals surface area contributed by atoms with Gasteiger partial charge in [-0.05, 0) is 38.3 Å². The maximum absolute atomic E-state index is 8.38. The summed E-state index contributed by atoms with van der Waals surface area (Å²) in [6.07, 6.45) is 4.83. The molecule has 3 nitrogen and oxygen atoms in total. The van der Waals surface area contributed by atoms with Crippen molar-refractivity contribution in [3.8, 4) is 6.07 Å². The zero-order chi connectivity index (χ0) is 9.80.